The van der Waals surface area contributed by atoms with E-state index in [-0.39, 0.29) is 11.7 Å². The molecule has 0 aliphatic rings. The molecule has 114 valence electrons. The van der Waals surface area contributed by atoms with E-state index >= 15 is 0 Å². The number of hydrogen-bond donors (Lipinski definition) is 1. The Morgan fingerprint density at radius 1 is 1.43 bits per heavy atom. The number of carbonyl (C=O) groups is 1. The fourth-order valence-electron chi connectivity index (χ4n) is 1.93. The number of pyridine rings is 1. The molecule has 1 amide bonds. The van der Waals surface area contributed by atoms with Gasteiger partial charge in [-0.2, -0.15) is 10.2 Å². The number of nitrogens with one attached hydrogen (secondary N) is 1. The summed E-state index contributed by atoms with van der Waals surface area (Å²) in [5.41, 5.74) is 2.43. The van der Waals surface area contributed by atoms with Crippen molar-refractivity contribution in [1.29, 1.82) is 5.26 Å². The SMILES string of the molecule is N#CSCC(=O)Nc1cc(-c2nc3ncccc3o2)ccc1Br. The van der Waals surface area contributed by atoms with Crippen LogP contribution in [0.4, 0.5) is 5.69 Å². The molecule has 0 saturated heterocycles. The van der Waals surface area contributed by atoms with Crippen LogP contribution in [0.3, 0.4) is 0 Å². The molecule has 0 atom stereocenters. The number of oxazole rings is 1. The number of fused-ring (bicyclic) bond motifs is 1. The van der Waals surface area contributed by atoms with Gasteiger partial charge in [0.2, 0.25) is 11.8 Å². The zero-order valence-corrected chi connectivity index (χ0v) is 14.0. The fourth-order valence-corrected chi connectivity index (χ4v) is 2.54. The molecule has 8 heteroatoms. The molecule has 3 aromatic rings. The molecule has 0 bridgehead atoms. The van der Waals surface area contributed by atoms with Crippen molar-refractivity contribution in [3.8, 4) is 16.9 Å². The summed E-state index contributed by atoms with van der Waals surface area (Å²) < 4.78 is 6.40. The predicted octanol–water partition coefficient (Wildman–Crippen LogP) is 3.81. The lowest BCUT2D eigenvalue weighted by molar-refractivity contribution is -0.113. The monoisotopic (exact) mass is 388 g/mol. The maximum Gasteiger partial charge on any atom is 0.235 e. The van der Waals surface area contributed by atoms with Crippen LogP contribution in [0.25, 0.3) is 22.7 Å². The second-order valence-electron chi connectivity index (χ2n) is 4.47. The highest BCUT2D eigenvalue weighted by Crippen LogP contribution is 2.30. The van der Waals surface area contributed by atoms with E-state index in [2.05, 4.69) is 31.2 Å². The average molecular weight is 389 g/mol. The molecule has 1 aromatic carbocycles. The predicted molar refractivity (Wildman–Crippen MR) is 91.6 cm³/mol. The van der Waals surface area contributed by atoms with Gasteiger partial charge in [0.05, 0.1) is 11.4 Å². The molecular weight excluding hydrogens is 380 g/mol. The Bertz CT molecular complexity index is 886. The van der Waals surface area contributed by atoms with Crippen LogP contribution in [0, 0.1) is 10.7 Å². The summed E-state index contributed by atoms with van der Waals surface area (Å²) in [5, 5.41) is 13.1. The number of halogens is 1. The Morgan fingerprint density at radius 3 is 3.09 bits per heavy atom. The van der Waals surface area contributed by atoms with Crippen molar-refractivity contribution in [2.24, 2.45) is 0 Å². The second-order valence-corrected chi connectivity index (χ2v) is 6.08. The lowest BCUT2D eigenvalue weighted by Gasteiger charge is -2.07. The van der Waals surface area contributed by atoms with Gasteiger partial charge in [0.25, 0.3) is 0 Å². The molecule has 0 fully saturated rings. The lowest BCUT2D eigenvalue weighted by atomic mass is 10.2. The van der Waals surface area contributed by atoms with Gasteiger partial charge < -0.3 is 9.73 Å². The van der Waals surface area contributed by atoms with E-state index in [0.29, 0.717) is 22.8 Å². The van der Waals surface area contributed by atoms with Gasteiger partial charge in [-0.05, 0) is 58.0 Å². The van der Waals surface area contributed by atoms with Gasteiger partial charge in [-0.25, -0.2) is 4.98 Å². The normalized spacial score (nSPS) is 10.4. The first-order valence-corrected chi connectivity index (χ1v) is 8.27. The molecule has 6 nitrogen and oxygen atoms in total. The number of amides is 1. The summed E-state index contributed by atoms with van der Waals surface area (Å²) in [5.74, 6) is 0.238. The van der Waals surface area contributed by atoms with Gasteiger partial charge in [-0.1, -0.05) is 0 Å². The Labute approximate surface area is 144 Å². The molecule has 2 aromatic heterocycles. The topological polar surface area (TPSA) is 91.8 Å². The van der Waals surface area contributed by atoms with Crippen LogP contribution >= 0.6 is 27.7 Å². The van der Waals surface area contributed by atoms with E-state index in [0.717, 1.165) is 21.8 Å². The first kappa shape index (κ1) is 15.5. The number of carbonyl (C=O) groups excluding carboxylic acids is 1. The first-order chi connectivity index (χ1) is 11.2. The number of benzene rings is 1. The van der Waals surface area contributed by atoms with Gasteiger partial charge in [0, 0.05) is 16.2 Å². The zero-order valence-electron chi connectivity index (χ0n) is 11.6. The van der Waals surface area contributed by atoms with Crippen molar-refractivity contribution in [2.45, 2.75) is 0 Å². The highest BCUT2D eigenvalue weighted by molar-refractivity contribution is 9.10. The summed E-state index contributed by atoms with van der Waals surface area (Å²) in [6.45, 7) is 0. The third kappa shape index (κ3) is 3.52. The summed E-state index contributed by atoms with van der Waals surface area (Å²) in [4.78, 5) is 20.2. The van der Waals surface area contributed by atoms with Crippen LogP contribution in [-0.4, -0.2) is 21.6 Å². The quantitative estimate of drug-likeness (QED) is 0.683. The smallest absolute Gasteiger partial charge is 0.235 e. The number of anilines is 1. The highest BCUT2D eigenvalue weighted by atomic mass is 79.9. The standard InChI is InChI=1S/C15H9BrN4O2S/c16-10-4-3-9(6-11(10)19-13(21)7-23-8-17)15-20-14-12(22-15)2-1-5-18-14/h1-6H,7H2,(H,19,21). The minimum Gasteiger partial charge on any atom is -0.434 e. The van der Waals surface area contributed by atoms with Gasteiger partial charge in [0.15, 0.2) is 11.2 Å². The summed E-state index contributed by atoms with van der Waals surface area (Å²) in [6, 6.07) is 8.94. The maximum absolute atomic E-state index is 11.8. The number of aromatic nitrogens is 2. The molecule has 0 aliphatic heterocycles. The number of thioether (sulfide) groups is 1. The molecule has 0 aliphatic carbocycles. The van der Waals surface area contributed by atoms with E-state index in [1.165, 1.54) is 0 Å². The van der Waals surface area contributed by atoms with Crippen molar-refractivity contribution >= 4 is 50.5 Å². The molecule has 0 spiro atoms. The largest absolute Gasteiger partial charge is 0.434 e. The number of hydrogen-bond acceptors (Lipinski definition) is 6. The van der Waals surface area contributed by atoms with Crippen molar-refractivity contribution in [2.75, 3.05) is 11.1 Å². The van der Waals surface area contributed by atoms with E-state index in [9.17, 15) is 4.79 Å². The number of nitriles is 1. The van der Waals surface area contributed by atoms with Gasteiger partial charge >= 0.3 is 0 Å². The Kier molecular flexibility index (Phi) is 4.60. The van der Waals surface area contributed by atoms with E-state index in [1.54, 1.807) is 30.5 Å². The zero-order chi connectivity index (χ0) is 16.2. The lowest BCUT2D eigenvalue weighted by Crippen LogP contribution is -2.14. The van der Waals surface area contributed by atoms with Gasteiger partial charge in [-0.3, -0.25) is 4.79 Å². The molecule has 2 heterocycles. The second kappa shape index (κ2) is 6.81. The first-order valence-electron chi connectivity index (χ1n) is 6.49. The van der Waals surface area contributed by atoms with Crippen LogP contribution in [-0.2, 0) is 4.79 Å². The van der Waals surface area contributed by atoms with E-state index < -0.39 is 0 Å². The summed E-state index contributed by atoms with van der Waals surface area (Å²) >= 11 is 4.27. The molecule has 0 unspecified atom stereocenters. The minimum atomic E-state index is -0.256. The van der Waals surface area contributed by atoms with E-state index in [4.69, 9.17) is 9.68 Å². The molecule has 0 saturated carbocycles. The molecule has 23 heavy (non-hydrogen) atoms. The fraction of sp³-hybridized carbons (Fsp3) is 0.0667. The van der Waals surface area contributed by atoms with Crippen molar-refractivity contribution in [1.82, 2.24) is 9.97 Å². The van der Waals surface area contributed by atoms with Crippen LogP contribution in [0.15, 0.2) is 45.4 Å². The Hall–Kier alpha value is -2.37. The van der Waals surface area contributed by atoms with Crippen molar-refractivity contribution in [3.05, 3.63) is 41.0 Å². The third-order valence-corrected chi connectivity index (χ3v) is 4.15. The van der Waals surface area contributed by atoms with Crippen LogP contribution < -0.4 is 5.32 Å². The summed E-state index contributed by atoms with van der Waals surface area (Å²) in [7, 11) is 0. The molecule has 3 rings (SSSR count). The third-order valence-electron chi connectivity index (χ3n) is 2.92. The van der Waals surface area contributed by atoms with Gasteiger partial charge in [0.1, 0.15) is 5.40 Å². The minimum absolute atomic E-state index is 0.0694. The van der Waals surface area contributed by atoms with Crippen molar-refractivity contribution in [3.63, 3.8) is 0 Å². The number of nitrogens with zero attached hydrogens (tertiary/aromatic N) is 3. The average Bonchev–Trinajstić information content (AvgIpc) is 2.99. The van der Waals surface area contributed by atoms with Gasteiger partial charge in [-0.15, -0.1) is 0 Å². The highest BCUT2D eigenvalue weighted by Gasteiger charge is 2.12. The van der Waals surface area contributed by atoms with Crippen LogP contribution in [0.5, 0.6) is 0 Å². The number of rotatable bonds is 4. The number of thiocyanates is 1. The molecule has 1 N–H and O–H groups in total. The van der Waals surface area contributed by atoms with Crippen LogP contribution in [0.2, 0.25) is 0 Å². The van der Waals surface area contributed by atoms with Crippen LogP contribution in [0.1, 0.15) is 0 Å². The molecule has 0 radical (unpaired) electrons. The van der Waals surface area contributed by atoms with E-state index in [1.807, 2.05) is 11.5 Å². The molecular formula is C15H9BrN4O2S. The maximum atomic E-state index is 11.8. The Balaban J connectivity index is 1.90. The van der Waals surface area contributed by atoms with Crippen molar-refractivity contribution < 1.29 is 9.21 Å². The summed E-state index contributed by atoms with van der Waals surface area (Å²) in [6.07, 6.45) is 1.65. The Morgan fingerprint density at radius 2 is 2.30 bits per heavy atom.